The molecular formula is C19H30N2O3. The number of likely N-dealkylation sites (tertiary alicyclic amines) is 1. The van der Waals surface area contributed by atoms with Gasteiger partial charge < -0.3 is 20.1 Å². The predicted octanol–water partition coefficient (Wildman–Crippen LogP) is 2.96. The number of benzene rings is 1. The van der Waals surface area contributed by atoms with Crippen LogP contribution < -0.4 is 5.32 Å². The molecule has 0 aromatic heterocycles. The molecule has 1 aliphatic heterocycles. The van der Waals surface area contributed by atoms with Gasteiger partial charge in [-0.3, -0.25) is 0 Å². The van der Waals surface area contributed by atoms with Crippen molar-refractivity contribution < 1.29 is 14.6 Å². The largest absolute Gasteiger partial charge is 0.444 e. The minimum Gasteiger partial charge on any atom is -0.444 e. The zero-order valence-corrected chi connectivity index (χ0v) is 15.2. The molecule has 1 amide bonds. The molecule has 134 valence electrons. The number of aliphatic hydroxyl groups excluding tert-OH is 1. The third-order valence-corrected chi connectivity index (χ3v) is 4.41. The van der Waals surface area contributed by atoms with E-state index in [1.807, 2.05) is 39.0 Å². The summed E-state index contributed by atoms with van der Waals surface area (Å²) in [6.07, 6.45) is 0.493. The fourth-order valence-corrected chi connectivity index (χ4v) is 3.06. The molecule has 2 rings (SSSR count). The minimum absolute atomic E-state index is 0.0477. The van der Waals surface area contributed by atoms with Gasteiger partial charge in [-0.15, -0.1) is 0 Å². The normalized spacial score (nSPS) is 23.0. The number of amides is 1. The topological polar surface area (TPSA) is 61.8 Å². The van der Waals surface area contributed by atoms with Gasteiger partial charge in [-0.05, 0) is 39.7 Å². The maximum atomic E-state index is 12.3. The highest BCUT2D eigenvalue weighted by molar-refractivity contribution is 5.68. The van der Waals surface area contributed by atoms with Crippen molar-refractivity contribution in [2.24, 2.45) is 5.92 Å². The Hall–Kier alpha value is -1.59. The van der Waals surface area contributed by atoms with Crippen LogP contribution in [0.3, 0.4) is 0 Å². The van der Waals surface area contributed by atoms with Gasteiger partial charge >= 0.3 is 6.09 Å². The van der Waals surface area contributed by atoms with Crippen molar-refractivity contribution >= 4 is 6.09 Å². The van der Waals surface area contributed by atoms with Gasteiger partial charge in [-0.25, -0.2) is 4.79 Å². The molecule has 1 aliphatic rings. The Morgan fingerprint density at radius 1 is 1.38 bits per heavy atom. The van der Waals surface area contributed by atoms with Crippen LogP contribution in [-0.2, 0) is 4.74 Å². The van der Waals surface area contributed by atoms with Crippen LogP contribution in [0, 0.1) is 5.92 Å². The van der Waals surface area contributed by atoms with Crippen LogP contribution >= 0.6 is 0 Å². The first-order valence-electron chi connectivity index (χ1n) is 8.70. The monoisotopic (exact) mass is 334 g/mol. The van der Waals surface area contributed by atoms with E-state index >= 15 is 0 Å². The molecule has 1 saturated heterocycles. The van der Waals surface area contributed by atoms with Crippen molar-refractivity contribution in [2.45, 2.75) is 51.8 Å². The van der Waals surface area contributed by atoms with Crippen molar-refractivity contribution in [2.75, 3.05) is 19.7 Å². The molecule has 0 spiro atoms. The molecule has 2 N–H and O–H groups in total. The average molecular weight is 334 g/mol. The molecule has 0 radical (unpaired) electrons. The maximum absolute atomic E-state index is 12.3. The number of nitrogens with zero attached hydrogens (tertiary/aromatic N) is 1. The molecule has 1 heterocycles. The van der Waals surface area contributed by atoms with Crippen molar-refractivity contribution in [1.82, 2.24) is 10.2 Å². The summed E-state index contributed by atoms with van der Waals surface area (Å²) in [4.78, 5) is 14.1. The SMILES string of the molecule is C[C@@H](N[C@H]1CN(C(=O)OC(C)(C)C)CC[C@H]1CO)c1ccccc1. The highest BCUT2D eigenvalue weighted by Gasteiger charge is 2.33. The van der Waals surface area contributed by atoms with Crippen LogP contribution in [-0.4, -0.2) is 47.4 Å². The zero-order valence-electron chi connectivity index (χ0n) is 15.2. The molecule has 1 aromatic carbocycles. The average Bonchev–Trinajstić information content (AvgIpc) is 2.54. The Bertz CT molecular complexity index is 527. The molecule has 0 bridgehead atoms. The summed E-state index contributed by atoms with van der Waals surface area (Å²) in [5, 5.41) is 13.3. The number of piperidine rings is 1. The molecule has 0 saturated carbocycles. The number of hydrogen-bond donors (Lipinski definition) is 2. The lowest BCUT2D eigenvalue weighted by Crippen LogP contribution is -2.54. The van der Waals surface area contributed by atoms with Crippen LogP contribution in [0.25, 0.3) is 0 Å². The van der Waals surface area contributed by atoms with E-state index in [1.54, 1.807) is 4.90 Å². The van der Waals surface area contributed by atoms with Crippen LogP contribution in [0.5, 0.6) is 0 Å². The van der Waals surface area contributed by atoms with E-state index in [2.05, 4.69) is 24.4 Å². The summed E-state index contributed by atoms with van der Waals surface area (Å²) in [7, 11) is 0. The Kier molecular flexibility index (Phi) is 6.24. The lowest BCUT2D eigenvalue weighted by atomic mass is 9.91. The number of aliphatic hydroxyl groups is 1. The molecule has 1 fully saturated rings. The molecule has 3 atom stereocenters. The highest BCUT2D eigenvalue weighted by atomic mass is 16.6. The quantitative estimate of drug-likeness (QED) is 0.889. The first kappa shape index (κ1) is 18.7. The summed E-state index contributed by atoms with van der Waals surface area (Å²) < 4.78 is 5.48. The van der Waals surface area contributed by atoms with Gasteiger partial charge in [0.1, 0.15) is 5.60 Å². The highest BCUT2D eigenvalue weighted by Crippen LogP contribution is 2.23. The van der Waals surface area contributed by atoms with Crippen molar-refractivity contribution in [3.8, 4) is 0 Å². The van der Waals surface area contributed by atoms with E-state index in [0.29, 0.717) is 13.1 Å². The molecule has 1 aromatic rings. The van der Waals surface area contributed by atoms with E-state index < -0.39 is 5.60 Å². The predicted molar refractivity (Wildman–Crippen MR) is 94.8 cm³/mol. The second-order valence-electron chi connectivity index (χ2n) is 7.56. The van der Waals surface area contributed by atoms with Gasteiger partial charge in [-0.1, -0.05) is 30.3 Å². The van der Waals surface area contributed by atoms with E-state index in [1.165, 1.54) is 5.56 Å². The Morgan fingerprint density at radius 2 is 2.04 bits per heavy atom. The first-order chi connectivity index (χ1) is 11.3. The summed E-state index contributed by atoms with van der Waals surface area (Å²) in [6, 6.07) is 10.4. The van der Waals surface area contributed by atoms with Gasteiger partial charge in [-0.2, -0.15) is 0 Å². The fraction of sp³-hybridized carbons (Fsp3) is 0.632. The number of carbonyl (C=O) groups is 1. The fourth-order valence-electron chi connectivity index (χ4n) is 3.06. The maximum Gasteiger partial charge on any atom is 0.410 e. The Labute approximate surface area is 145 Å². The molecular weight excluding hydrogens is 304 g/mol. The van der Waals surface area contributed by atoms with Crippen LogP contribution in [0.15, 0.2) is 30.3 Å². The number of carbonyl (C=O) groups excluding carboxylic acids is 1. The summed E-state index contributed by atoms with van der Waals surface area (Å²) in [5.41, 5.74) is 0.703. The van der Waals surface area contributed by atoms with Crippen molar-refractivity contribution in [3.05, 3.63) is 35.9 Å². The van der Waals surface area contributed by atoms with Gasteiger partial charge in [0.15, 0.2) is 0 Å². The Morgan fingerprint density at radius 3 is 2.62 bits per heavy atom. The second kappa shape index (κ2) is 7.99. The zero-order chi connectivity index (χ0) is 17.7. The van der Waals surface area contributed by atoms with Crippen LogP contribution in [0.1, 0.15) is 45.7 Å². The second-order valence-corrected chi connectivity index (χ2v) is 7.56. The molecule has 0 aliphatic carbocycles. The van der Waals surface area contributed by atoms with Crippen LogP contribution in [0.2, 0.25) is 0 Å². The van der Waals surface area contributed by atoms with E-state index in [-0.39, 0.29) is 30.7 Å². The van der Waals surface area contributed by atoms with Gasteiger partial charge in [0.05, 0.1) is 0 Å². The van der Waals surface area contributed by atoms with Gasteiger partial charge in [0, 0.05) is 37.7 Å². The van der Waals surface area contributed by atoms with E-state index in [4.69, 9.17) is 4.74 Å². The first-order valence-corrected chi connectivity index (χ1v) is 8.70. The summed E-state index contributed by atoms with van der Waals surface area (Å²) >= 11 is 0. The van der Waals surface area contributed by atoms with Crippen molar-refractivity contribution in [1.29, 1.82) is 0 Å². The Balaban J connectivity index is 2.01. The number of nitrogens with one attached hydrogen (secondary N) is 1. The number of hydrogen-bond acceptors (Lipinski definition) is 4. The van der Waals surface area contributed by atoms with Gasteiger partial charge in [0.25, 0.3) is 0 Å². The van der Waals surface area contributed by atoms with Crippen molar-refractivity contribution in [3.63, 3.8) is 0 Å². The van der Waals surface area contributed by atoms with E-state index in [9.17, 15) is 9.90 Å². The van der Waals surface area contributed by atoms with Gasteiger partial charge in [0.2, 0.25) is 0 Å². The molecule has 24 heavy (non-hydrogen) atoms. The molecule has 0 unspecified atom stereocenters. The van der Waals surface area contributed by atoms with Crippen LogP contribution in [0.4, 0.5) is 4.79 Å². The summed E-state index contributed by atoms with van der Waals surface area (Å²) in [5.74, 6) is 0.148. The lowest BCUT2D eigenvalue weighted by molar-refractivity contribution is 0.00917. The molecule has 5 nitrogen and oxygen atoms in total. The minimum atomic E-state index is -0.495. The summed E-state index contributed by atoms with van der Waals surface area (Å²) in [6.45, 7) is 9.03. The van der Waals surface area contributed by atoms with E-state index in [0.717, 1.165) is 6.42 Å². The third kappa shape index (κ3) is 5.21. The smallest absolute Gasteiger partial charge is 0.410 e. The lowest BCUT2D eigenvalue weighted by Gasteiger charge is -2.40. The molecule has 5 heteroatoms. The number of ether oxygens (including phenoxy) is 1. The standard InChI is InChI=1S/C19H30N2O3/c1-14(15-8-6-5-7-9-15)20-17-12-21(11-10-16(17)13-22)18(23)24-19(2,3)4/h5-9,14,16-17,20,22H,10-13H2,1-4H3/t14-,16+,17+/m1/s1. The third-order valence-electron chi connectivity index (χ3n) is 4.41. The number of rotatable bonds is 4.